The molecule has 1 rings (SSSR count). The number of hydrogen-bond donors (Lipinski definition) is 2. The monoisotopic (exact) mass is 254 g/mol. The number of rotatable bonds is 4. The van der Waals surface area contributed by atoms with Crippen molar-refractivity contribution in [1.82, 2.24) is 0 Å². The Bertz CT molecular complexity index is 541. The summed E-state index contributed by atoms with van der Waals surface area (Å²) in [7, 11) is 0. The average molecular weight is 254 g/mol. The molecule has 1 aromatic carbocycles. The molecular formula is C10H7FN2O5. The Morgan fingerprint density at radius 2 is 2.06 bits per heavy atom. The van der Waals surface area contributed by atoms with Gasteiger partial charge in [-0.05, 0) is 6.07 Å². The van der Waals surface area contributed by atoms with Crippen LogP contribution in [0.1, 0.15) is 0 Å². The first-order valence-electron chi connectivity index (χ1n) is 4.56. The summed E-state index contributed by atoms with van der Waals surface area (Å²) in [6, 6.07) is 2.68. The molecule has 1 amide bonds. The maximum absolute atomic E-state index is 13.3. The zero-order valence-corrected chi connectivity index (χ0v) is 8.79. The number of aliphatic carboxylic acids is 1. The molecule has 0 bridgehead atoms. The number of non-ortho nitro benzene ring substituents is 1. The molecule has 0 saturated heterocycles. The van der Waals surface area contributed by atoms with Crippen LogP contribution in [0.2, 0.25) is 0 Å². The van der Waals surface area contributed by atoms with Crippen LogP contribution in [0.25, 0.3) is 0 Å². The standard InChI is InChI=1S/C10H7FN2O5/c11-7-5-6(13(17)18)1-2-8(7)12-9(14)3-4-10(15)16/h1-5H,(H,12,14)(H,15,16). The van der Waals surface area contributed by atoms with E-state index in [9.17, 15) is 24.1 Å². The molecule has 0 unspecified atom stereocenters. The van der Waals surface area contributed by atoms with Crippen molar-refractivity contribution in [2.45, 2.75) is 0 Å². The molecule has 0 heterocycles. The molecule has 0 aliphatic rings. The second kappa shape index (κ2) is 5.53. The number of nitro groups is 1. The number of nitrogens with zero attached hydrogens (tertiary/aromatic N) is 1. The van der Waals surface area contributed by atoms with Gasteiger partial charge in [-0.25, -0.2) is 9.18 Å². The first-order valence-corrected chi connectivity index (χ1v) is 4.56. The van der Waals surface area contributed by atoms with Gasteiger partial charge in [0.1, 0.15) is 0 Å². The van der Waals surface area contributed by atoms with Gasteiger partial charge in [-0.1, -0.05) is 0 Å². The summed E-state index contributed by atoms with van der Waals surface area (Å²) in [6.45, 7) is 0. The van der Waals surface area contributed by atoms with E-state index in [1.165, 1.54) is 0 Å². The molecule has 1 aromatic rings. The number of carbonyl (C=O) groups is 2. The number of nitro benzene ring substituents is 1. The van der Waals surface area contributed by atoms with Gasteiger partial charge in [-0.15, -0.1) is 0 Å². The predicted molar refractivity (Wildman–Crippen MR) is 58.5 cm³/mol. The third-order valence-electron chi connectivity index (χ3n) is 1.80. The van der Waals surface area contributed by atoms with Crippen LogP contribution in [-0.2, 0) is 9.59 Å². The third kappa shape index (κ3) is 3.67. The molecule has 0 radical (unpaired) electrons. The van der Waals surface area contributed by atoms with E-state index in [1.807, 2.05) is 5.32 Å². The number of carbonyl (C=O) groups excluding carboxylic acids is 1. The second-order valence-corrected chi connectivity index (χ2v) is 3.08. The fourth-order valence-corrected chi connectivity index (χ4v) is 1.04. The number of carboxylic acids is 1. The molecule has 0 aromatic heterocycles. The predicted octanol–water partition coefficient (Wildman–Crippen LogP) is 1.31. The molecule has 2 N–H and O–H groups in total. The molecule has 0 aliphatic carbocycles. The van der Waals surface area contributed by atoms with Crippen molar-refractivity contribution in [2.75, 3.05) is 5.32 Å². The lowest BCUT2D eigenvalue weighted by Gasteiger charge is -2.03. The highest BCUT2D eigenvalue weighted by Gasteiger charge is 2.11. The van der Waals surface area contributed by atoms with Crippen LogP contribution in [0.5, 0.6) is 0 Å². The lowest BCUT2D eigenvalue weighted by atomic mass is 10.2. The minimum absolute atomic E-state index is 0.277. The van der Waals surface area contributed by atoms with E-state index < -0.39 is 28.3 Å². The molecule has 0 fully saturated rings. The number of benzene rings is 1. The zero-order valence-electron chi connectivity index (χ0n) is 8.79. The highest BCUT2D eigenvalue weighted by Crippen LogP contribution is 2.20. The Morgan fingerprint density at radius 3 is 2.56 bits per heavy atom. The lowest BCUT2D eigenvalue weighted by molar-refractivity contribution is -0.385. The van der Waals surface area contributed by atoms with Crippen molar-refractivity contribution in [3.8, 4) is 0 Å². The Balaban J connectivity index is 2.83. The van der Waals surface area contributed by atoms with Gasteiger partial charge in [0.2, 0.25) is 5.91 Å². The van der Waals surface area contributed by atoms with Gasteiger partial charge < -0.3 is 10.4 Å². The molecule has 8 heteroatoms. The average Bonchev–Trinajstić information content (AvgIpc) is 2.29. The minimum Gasteiger partial charge on any atom is -0.478 e. The van der Waals surface area contributed by atoms with E-state index in [2.05, 4.69) is 0 Å². The van der Waals surface area contributed by atoms with Crippen molar-refractivity contribution in [3.05, 3.63) is 46.3 Å². The normalized spacial score (nSPS) is 10.3. The van der Waals surface area contributed by atoms with Gasteiger partial charge in [0, 0.05) is 18.2 Å². The number of halogens is 1. The maximum Gasteiger partial charge on any atom is 0.328 e. The molecule has 94 valence electrons. The second-order valence-electron chi connectivity index (χ2n) is 3.08. The van der Waals surface area contributed by atoms with Gasteiger partial charge in [0.15, 0.2) is 5.82 Å². The Labute approximate surface area is 99.7 Å². The Kier molecular flexibility index (Phi) is 4.08. The van der Waals surface area contributed by atoms with E-state index in [4.69, 9.17) is 5.11 Å². The smallest absolute Gasteiger partial charge is 0.328 e. The molecular weight excluding hydrogens is 247 g/mol. The summed E-state index contributed by atoms with van der Waals surface area (Å²) in [4.78, 5) is 30.8. The summed E-state index contributed by atoms with van der Waals surface area (Å²) in [6.07, 6.45) is 1.28. The highest BCUT2D eigenvalue weighted by atomic mass is 19.1. The van der Waals surface area contributed by atoms with E-state index in [0.717, 1.165) is 12.1 Å². The lowest BCUT2D eigenvalue weighted by Crippen LogP contribution is -2.10. The van der Waals surface area contributed by atoms with Crippen molar-refractivity contribution in [2.24, 2.45) is 0 Å². The molecule has 0 saturated carbocycles. The van der Waals surface area contributed by atoms with Crippen LogP contribution in [0.4, 0.5) is 15.8 Å². The van der Waals surface area contributed by atoms with Gasteiger partial charge in [0.05, 0.1) is 16.7 Å². The van der Waals surface area contributed by atoms with Crippen LogP contribution in [0.3, 0.4) is 0 Å². The number of hydrogen-bond acceptors (Lipinski definition) is 4. The zero-order chi connectivity index (χ0) is 13.7. The fraction of sp³-hybridized carbons (Fsp3) is 0. The summed E-state index contributed by atoms with van der Waals surface area (Å²) in [5.74, 6) is -3.17. The summed E-state index contributed by atoms with van der Waals surface area (Å²) >= 11 is 0. The number of carboxylic acid groups (broad SMARTS) is 1. The largest absolute Gasteiger partial charge is 0.478 e. The van der Waals surface area contributed by atoms with Crippen LogP contribution >= 0.6 is 0 Å². The van der Waals surface area contributed by atoms with Gasteiger partial charge in [0.25, 0.3) is 5.69 Å². The molecule has 0 spiro atoms. The quantitative estimate of drug-likeness (QED) is 0.478. The van der Waals surface area contributed by atoms with Gasteiger partial charge in [-0.3, -0.25) is 14.9 Å². The van der Waals surface area contributed by atoms with E-state index in [0.29, 0.717) is 18.2 Å². The summed E-state index contributed by atoms with van der Waals surface area (Å²) in [5, 5.41) is 20.6. The molecule has 18 heavy (non-hydrogen) atoms. The highest BCUT2D eigenvalue weighted by molar-refractivity contribution is 6.02. The maximum atomic E-state index is 13.3. The Hall–Kier alpha value is -2.77. The topological polar surface area (TPSA) is 110 Å². The third-order valence-corrected chi connectivity index (χ3v) is 1.80. The molecule has 0 atom stereocenters. The van der Waals surface area contributed by atoms with Crippen LogP contribution < -0.4 is 5.32 Å². The molecule has 0 aliphatic heterocycles. The minimum atomic E-state index is -1.32. The number of nitrogens with one attached hydrogen (secondary N) is 1. The van der Waals surface area contributed by atoms with Crippen LogP contribution in [0.15, 0.2) is 30.4 Å². The first kappa shape index (κ1) is 13.3. The van der Waals surface area contributed by atoms with Crippen LogP contribution in [0, 0.1) is 15.9 Å². The van der Waals surface area contributed by atoms with Gasteiger partial charge >= 0.3 is 5.97 Å². The summed E-state index contributed by atoms with van der Waals surface area (Å²) < 4.78 is 13.3. The Morgan fingerprint density at radius 1 is 1.39 bits per heavy atom. The van der Waals surface area contributed by atoms with Crippen molar-refractivity contribution in [3.63, 3.8) is 0 Å². The number of amides is 1. The van der Waals surface area contributed by atoms with Crippen molar-refractivity contribution < 1.29 is 24.0 Å². The van der Waals surface area contributed by atoms with E-state index >= 15 is 0 Å². The van der Waals surface area contributed by atoms with Crippen molar-refractivity contribution >= 4 is 23.3 Å². The van der Waals surface area contributed by atoms with E-state index in [-0.39, 0.29) is 5.69 Å². The number of anilines is 1. The fourth-order valence-electron chi connectivity index (χ4n) is 1.04. The summed E-state index contributed by atoms with van der Waals surface area (Å²) in [5.41, 5.74) is -0.729. The van der Waals surface area contributed by atoms with E-state index in [1.54, 1.807) is 0 Å². The van der Waals surface area contributed by atoms with Crippen molar-refractivity contribution in [1.29, 1.82) is 0 Å². The SMILES string of the molecule is O=C(O)C=CC(=O)Nc1ccc([N+](=O)[O-])cc1F. The van der Waals surface area contributed by atoms with Crippen LogP contribution in [-0.4, -0.2) is 21.9 Å². The first-order chi connectivity index (χ1) is 8.40. The van der Waals surface area contributed by atoms with Gasteiger partial charge in [-0.2, -0.15) is 0 Å². The molecule has 7 nitrogen and oxygen atoms in total.